The first-order valence-corrected chi connectivity index (χ1v) is 16.4. The lowest BCUT2D eigenvalue weighted by atomic mass is 9.99. The highest BCUT2D eigenvalue weighted by atomic mass is 32.2. The number of pyridine rings is 2. The molecule has 0 radical (unpaired) electrons. The molecule has 5 aromatic rings. The molecule has 3 atom stereocenters. The maximum Gasteiger partial charge on any atom is 0.264 e. The highest BCUT2D eigenvalue weighted by molar-refractivity contribution is 7.93. The second-order valence-corrected chi connectivity index (χ2v) is 12.9. The minimum atomic E-state index is -3.93. The zero-order valence-electron chi connectivity index (χ0n) is 25.0. The summed E-state index contributed by atoms with van der Waals surface area (Å²) >= 11 is 0. The lowest BCUT2D eigenvalue weighted by molar-refractivity contribution is -0.252. The number of aromatic nitrogens is 2. The Hall–Kier alpha value is -4.19. The van der Waals surface area contributed by atoms with Gasteiger partial charge < -0.3 is 19.5 Å². The fraction of sp³-hybridized carbons (Fsp3) is 0.257. The third-order valence-electron chi connectivity index (χ3n) is 7.90. The number of para-hydroxylation sites is 1. The van der Waals surface area contributed by atoms with Crippen molar-refractivity contribution in [1.29, 1.82) is 0 Å². The second kappa shape index (κ2) is 13.8. The molecular weight excluding hydrogens is 588 g/mol. The highest BCUT2D eigenvalue weighted by Crippen LogP contribution is 2.39. The number of sulfonamides is 1. The van der Waals surface area contributed by atoms with E-state index >= 15 is 0 Å². The largest absolute Gasteiger partial charge is 0.392 e. The zero-order chi connectivity index (χ0) is 31.2. The van der Waals surface area contributed by atoms with Crippen molar-refractivity contribution in [2.45, 2.75) is 42.8 Å². The molecule has 0 saturated carbocycles. The number of nitrogens with one attached hydrogen (secondary N) is 1. The summed E-state index contributed by atoms with van der Waals surface area (Å²) in [5.74, 6) is 0. The zero-order valence-corrected chi connectivity index (χ0v) is 25.8. The van der Waals surface area contributed by atoms with E-state index in [2.05, 4.69) is 26.6 Å². The fourth-order valence-electron chi connectivity index (χ4n) is 5.58. The Morgan fingerprint density at radius 1 is 0.889 bits per heavy atom. The predicted octanol–water partition coefficient (Wildman–Crippen LogP) is 5.64. The summed E-state index contributed by atoms with van der Waals surface area (Å²) in [5, 5.41) is 10.3. The molecule has 3 aromatic carbocycles. The number of anilines is 1. The molecule has 0 spiro atoms. The van der Waals surface area contributed by atoms with E-state index in [0.29, 0.717) is 29.7 Å². The van der Waals surface area contributed by atoms with Gasteiger partial charge in [0.25, 0.3) is 10.0 Å². The SMILES string of the molecule is CN(CCc1ccccn1)CC1CC(c2ccc(CO)cc2)OC(c2cccc(NS(=O)(=O)c3cccc4cccnc34)c2)O1. The van der Waals surface area contributed by atoms with Gasteiger partial charge in [-0.1, -0.05) is 60.7 Å². The van der Waals surface area contributed by atoms with Gasteiger partial charge in [0, 0.05) is 60.7 Å². The first-order valence-electron chi connectivity index (χ1n) is 14.9. The van der Waals surface area contributed by atoms with E-state index in [1.165, 1.54) is 0 Å². The third-order valence-corrected chi connectivity index (χ3v) is 9.32. The number of nitrogens with zero attached hydrogens (tertiary/aromatic N) is 3. The van der Waals surface area contributed by atoms with E-state index in [-0.39, 0.29) is 23.7 Å². The molecule has 2 aromatic heterocycles. The smallest absolute Gasteiger partial charge is 0.264 e. The first kappa shape index (κ1) is 30.8. The Morgan fingerprint density at radius 3 is 2.49 bits per heavy atom. The first-order chi connectivity index (χ1) is 21.9. The molecule has 0 amide bonds. The molecule has 3 heterocycles. The molecule has 0 bridgehead atoms. The summed E-state index contributed by atoms with van der Waals surface area (Å²) in [6.45, 7) is 1.47. The number of aliphatic hydroxyl groups excluding tert-OH is 1. The molecule has 0 aliphatic carbocycles. The van der Waals surface area contributed by atoms with E-state index < -0.39 is 16.3 Å². The number of hydrogen-bond donors (Lipinski definition) is 2. The van der Waals surface area contributed by atoms with Crippen molar-refractivity contribution >= 4 is 26.6 Å². The summed E-state index contributed by atoms with van der Waals surface area (Å²) in [6.07, 6.45) is 3.73. The number of hydrogen-bond acceptors (Lipinski definition) is 8. The van der Waals surface area contributed by atoms with Gasteiger partial charge in [0.1, 0.15) is 4.90 Å². The summed E-state index contributed by atoms with van der Waals surface area (Å²) < 4.78 is 42.7. The molecule has 1 aliphatic rings. The van der Waals surface area contributed by atoms with Gasteiger partial charge in [-0.05, 0) is 54.6 Å². The van der Waals surface area contributed by atoms with E-state index in [4.69, 9.17) is 9.47 Å². The number of benzene rings is 3. The monoisotopic (exact) mass is 624 g/mol. The van der Waals surface area contributed by atoms with Crippen LogP contribution in [0.15, 0.2) is 114 Å². The average Bonchev–Trinajstić information content (AvgIpc) is 3.07. The minimum Gasteiger partial charge on any atom is -0.392 e. The van der Waals surface area contributed by atoms with Crippen molar-refractivity contribution in [3.63, 3.8) is 0 Å². The summed E-state index contributed by atoms with van der Waals surface area (Å²) in [5.41, 5.74) is 4.36. The van der Waals surface area contributed by atoms with E-state index in [0.717, 1.165) is 35.2 Å². The quantitative estimate of drug-likeness (QED) is 0.194. The summed E-state index contributed by atoms with van der Waals surface area (Å²) in [6, 6.07) is 29.5. The van der Waals surface area contributed by atoms with Gasteiger partial charge in [-0.2, -0.15) is 0 Å². The van der Waals surface area contributed by atoms with Crippen molar-refractivity contribution in [3.05, 3.63) is 132 Å². The minimum absolute atomic E-state index is 0.0290. The van der Waals surface area contributed by atoms with Crippen LogP contribution in [0, 0.1) is 0 Å². The summed E-state index contributed by atoms with van der Waals surface area (Å²) in [4.78, 5) is 11.1. The van der Waals surface area contributed by atoms with Gasteiger partial charge in [-0.25, -0.2) is 8.42 Å². The average molecular weight is 625 g/mol. The highest BCUT2D eigenvalue weighted by Gasteiger charge is 2.33. The van der Waals surface area contributed by atoms with Crippen LogP contribution in [-0.2, 0) is 32.5 Å². The molecule has 45 heavy (non-hydrogen) atoms. The van der Waals surface area contributed by atoms with Crippen LogP contribution in [0.25, 0.3) is 10.9 Å². The van der Waals surface area contributed by atoms with E-state index in [1.54, 1.807) is 48.8 Å². The summed E-state index contributed by atoms with van der Waals surface area (Å²) in [7, 11) is -1.86. The normalized spacial score (nSPS) is 18.7. The lowest BCUT2D eigenvalue weighted by Gasteiger charge is -2.38. The van der Waals surface area contributed by atoms with Crippen molar-refractivity contribution in [2.24, 2.45) is 0 Å². The molecule has 1 saturated heterocycles. The molecule has 9 nitrogen and oxygen atoms in total. The predicted molar refractivity (Wildman–Crippen MR) is 173 cm³/mol. The van der Waals surface area contributed by atoms with Crippen LogP contribution in [0.2, 0.25) is 0 Å². The lowest BCUT2D eigenvalue weighted by Crippen LogP contribution is -2.38. The van der Waals surface area contributed by atoms with Gasteiger partial charge in [0.05, 0.1) is 24.3 Å². The van der Waals surface area contributed by atoms with Crippen molar-refractivity contribution in [2.75, 3.05) is 24.9 Å². The molecule has 232 valence electrons. The van der Waals surface area contributed by atoms with Crippen LogP contribution < -0.4 is 4.72 Å². The van der Waals surface area contributed by atoms with Crippen LogP contribution in [-0.4, -0.2) is 54.6 Å². The topological polar surface area (TPSA) is 114 Å². The standard InChI is InChI=1S/C35H36N4O5S/c1-39(20-17-29-10-2-3-18-36-29)23-31-22-32(26-15-13-25(24-40)14-16-26)44-35(43-31)28-8-4-11-30(21-28)38-45(41,42)33-12-5-7-27-9-6-19-37-34(27)33/h2-16,18-19,21,31-32,35,38,40H,17,20,22-24H2,1H3. The van der Waals surface area contributed by atoms with Crippen LogP contribution in [0.5, 0.6) is 0 Å². The Labute approximate surface area is 263 Å². The van der Waals surface area contributed by atoms with Crippen molar-refractivity contribution in [3.8, 4) is 0 Å². The van der Waals surface area contributed by atoms with Crippen LogP contribution >= 0.6 is 0 Å². The Balaban J connectivity index is 1.22. The second-order valence-electron chi connectivity index (χ2n) is 11.2. The van der Waals surface area contributed by atoms with Gasteiger partial charge in [0.2, 0.25) is 0 Å². The Kier molecular flexibility index (Phi) is 9.48. The maximum atomic E-state index is 13.5. The van der Waals surface area contributed by atoms with E-state index in [9.17, 15) is 13.5 Å². The number of fused-ring (bicyclic) bond motifs is 1. The molecule has 6 rings (SSSR count). The van der Waals surface area contributed by atoms with Crippen LogP contribution in [0.3, 0.4) is 0 Å². The van der Waals surface area contributed by atoms with Gasteiger partial charge in [-0.3, -0.25) is 14.7 Å². The molecular formula is C35H36N4O5S. The molecule has 3 unspecified atom stereocenters. The van der Waals surface area contributed by atoms with Crippen molar-refractivity contribution < 1.29 is 23.0 Å². The number of ether oxygens (including phenoxy) is 2. The number of aliphatic hydroxyl groups is 1. The molecule has 1 aliphatic heterocycles. The van der Waals surface area contributed by atoms with Gasteiger partial charge in [0.15, 0.2) is 6.29 Å². The van der Waals surface area contributed by atoms with Crippen LogP contribution in [0.1, 0.15) is 41.2 Å². The van der Waals surface area contributed by atoms with Crippen LogP contribution in [0.4, 0.5) is 5.69 Å². The molecule has 1 fully saturated rings. The molecule has 10 heteroatoms. The maximum absolute atomic E-state index is 13.5. The number of rotatable bonds is 11. The fourth-order valence-corrected chi connectivity index (χ4v) is 6.81. The number of likely N-dealkylation sites (N-methyl/N-ethyl adjacent to an activating group) is 1. The van der Waals surface area contributed by atoms with Gasteiger partial charge >= 0.3 is 0 Å². The Morgan fingerprint density at radius 2 is 1.69 bits per heavy atom. The van der Waals surface area contributed by atoms with Gasteiger partial charge in [-0.15, -0.1) is 0 Å². The van der Waals surface area contributed by atoms with E-state index in [1.807, 2.05) is 60.7 Å². The van der Waals surface area contributed by atoms with Crippen molar-refractivity contribution in [1.82, 2.24) is 14.9 Å². The molecule has 2 N–H and O–H groups in total. The Bertz CT molecular complexity index is 1830. The third kappa shape index (κ3) is 7.55.